The maximum Gasteiger partial charge on any atom is 0.239 e. The smallest absolute Gasteiger partial charge is 0.239 e. The zero-order valence-corrected chi connectivity index (χ0v) is 12.6. The van der Waals surface area contributed by atoms with E-state index in [2.05, 4.69) is 36.5 Å². The molecule has 3 heteroatoms. The molecule has 2 atom stereocenters. The Balaban J connectivity index is 1.79. The number of amides is 1. The van der Waals surface area contributed by atoms with E-state index in [0.717, 1.165) is 32.5 Å². The van der Waals surface area contributed by atoms with Gasteiger partial charge in [0.1, 0.15) is 0 Å². The van der Waals surface area contributed by atoms with Crippen LogP contribution in [0.4, 0.5) is 0 Å². The molecule has 3 nitrogen and oxygen atoms in total. The number of benzene rings is 1. The van der Waals surface area contributed by atoms with Crippen LogP contribution in [-0.4, -0.2) is 36.5 Å². The molecule has 0 saturated carbocycles. The van der Waals surface area contributed by atoms with Gasteiger partial charge in [0, 0.05) is 19.6 Å². The lowest BCUT2D eigenvalue weighted by Gasteiger charge is -2.30. The van der Waals surface area contributed by atoms with E-state index in [1.165, 1.54) is 12.0 Å². The van der Waals surface area contributed by atoms with Gasteiger partial charge in [0.15, 0.2) is 0 Å². The fourth-order valence-corrected chi connectivity index (χ4v) is 2.73. The van der Waals surface area contributed by atoms with Crippen molar-refractivity contribution in [1.82, 2.24) is 10.2 Å². The molecule has 2 unspecified atom stereocenters. The van der Waals surface area contributed by atoms with Gasteiger partial charge in [0.25, 0.3) is 0 Å². The average molecular weight is 274 g/mol. The van der Waals surface area contributed by atoms with Crippen LogP contribution in [0.15, 0.2) is 30.3 Å². The van der Waals surface area contributed by atoms with Gasteiger partial charge in [-0.2, -0.15) is 0 Å². The number of carbonyl (C=O) groups excluding carboxylic acids is 1. The summed E-state index contributed by atoms with van der Waals surface area (Å²) in [6.07, 6.45) is 3.56. The molecule has 1 N–H and O–H groups in total. The lowest BCUT2D eigenvalue weighted by molar-refractivity contribution is -0.133. The van der Waals surface area contributed by atoms with Gasteiger partial charge in [-0.1, -0.05) is 37.3 Å². The molecule has 0 bridgehead atoms. The predicted molar refractivity (Wildman–Crippen MR) is 82.8 cm³/mol. The van der Waals surface area contributed by atoms with Gasteiger partial charge in [-0.05, 0) is 37.7 Å². The fourth-order valence-electron chi connectivity index (χ4n) is 2.73. The van der Waals surface area contributed by atoms with E-state index in [-0.39, 0.29) is 11.9 Å². The summed E-state index contributed by atoms with van der Waals surface area (Å²) in [5, 5.41) is 3.39. The molecule has 20 heavy (non-hydrogen) atoms. The van der Waals surface area contributed by atoms with E-state index in [1.807, 2.05) is 17.9 Å². The standard InChI is InChI=1S/C17H26N2O/c1-14(16-9-5-3-6-10-16)13-18-15(2)17(20)19-11-7-4-8-12-19/h3,5-6,9-10,14-15,18H,4,7-8,11-13H2,1-2H3. The van der Waals surface area contributed by atoms with E-state index >= 15 is 0 Å². The summed E-state index contributed by atoms with van der Waals surface area (Å²) in [6.45, 7) is 6.87. The first-order valence-electron chi connectivity index (χ1n) is 7.75. The third-order valence-electron chi connectivity index (χ3n) is 4.14. The van der Waals surface area contributed by atoms with Crippen LogP contribution in [0.5, 0.6) is 0 Å². The maximum atomic E-state index is 12.3. The predicted octanol–water partition coefficient (Wildman–Crippen LogP) is 2.78. The van der Waals surface area contributed by atoms with Crippen molar-refractivity contribution in [2.45, 2.75) is 45.1 Å². The van der Waals surface area contributed by atoms with Gasteiger partial charge < -0.3 is 10.2 Å². The monoisotopic (exact) mass is 274 g/mol. The molecule has 0 radical (unpaired) electrons. The summed E-state index contributed by atoms with van der Waals surface area (Å²) in [5.41, 5.74) is 1.32. The van der Waals surface area contributed by atoms with Crippen LogP contribution in [0.2, 0.25) is 0 Å². The van der Waals surface area contributed by atoms with Crippen molar-refractivity contribution < 1.29 is 4.79 Å². The quantitative estimate of drug-likeness (QED) is 0.895. The van der Waals surface area contributed by atoms with E-state index in [4.69, 9.17) is 0 Å². The number of nitrogens with zero attached hydrogens (tertiary/aromatic N) is 1. The summed E-state index contributed by atoms with van der Waals surface area (Å²) in [5.74, 6) is 0.678. The molecule has 1 aliphatic heterocycles. The van der Waals surface area contributed by atoms with Crippen molar-refractivity contribution in [3.8, 4) is 0 Å². The number of nitrogens with one attached hydrogen (secondary N) is 1. The van der Waals surface area contributed by atoms with Gasteiger partial charge in [-0.25, -0.2) is 0 Å². The number of likely N-dealkylation sites (tertiary alicyclic amines) is 1. The lowest BCUT2D eigenvalue weighted by Crippen LogP contribution is -2.47. The Bertz CT molecular complexity index is 412. The van der Waals surface area contributed by atoms with E-state index in [9.17, 15) is 4.79 Å². The van der Waals surface area contributed by atoms with Gasteiger partial charge in [0.05, 0.1) is 6.04 Å². The van der Waals surface area contributed by atoms with Crippen LogP contribution in [0.3, 0.4) is 0 Å². The topological polar surface area (TPSA) is 32.3 Å². The van der Waals surface area contributed by atoms with Crippen molar-refractivity contribution in [2.75, 3.05) is 19.6 Å². The van der Waals surface area contributed by atoms with Gasteiger partial charge in [0.2, 0.25) is 5.91 Å². The first-order chi connectivity index (χ1) is 9.68. The second-order valence-corrected chi connectivity index (χ2v) is 5.83. The highest BCUT2D eigenvalue weighted by Gasteiger charge is 2.22. The largest absolute Gasteiger partial charge is 0.341 e. The van der Waals surface area contributed by atoms with Crippen LogP contribution in [0, 0.1) is 0 Å². The van der Waals surface area contributed by atoms with Crippen LogP contribution < -0.4 is 5.32 Å². The van der Waals surface area contributed by atoms with Crippen molar-refractivity contribution >= 4 is 5.91 Å². The first kappa shape index (κ1) is 15.0. The zero-order chi connectivity index (χ0) is 14.4. The molecular formula is C17H26N2O. The molecular weight excluding hydrogens is 248 g/mol. The highest BCUT2D eigenvalue weighted by atomic mass is 16.2. The van der Waals surface area contributed by atoms with Crippen molar-refractivity contribution in [3.63, 3.8) is 0 Å². The second-order valence-electron chi connectivity index (χ2n) is 5.83. The van der Waals surface area contributed by atoms with Crippen molar-refractivity contribution in [3.05, 3.63) is 35.9 Å². The molecule has 1 saturated heterocycles. The number of hydrogen-bond acceptors (Lipinski definition) is 2. The SMILES string of the molecule is CC(NCC(C)c1ccccc1)C(=O)N1CCCCC1. The van der Waals surface area contributed by atoms with Gasteiger partial charge >= 0.3 is 0 Å². The Morgan fingerprint density at radius 3 is 2.45 bits per heavy atom. The Kier molecular flexibility index (Phi) is 5.60. The fraction of sp³-hybridized carbons (Fsp3) is 0.588. The number of carbonyl (C=O) groups is 1. The maximum absolute atomic E-state index is 12.3. The Hall–Kier alpha value is -1.35. The van der Waals surface area contributed by atoms with Gasteiger partial charge in [-0.3, -0.25) is 4.79 Å². The van der Waals surface area contributed by atoms with Crippen LogP contribution in [0.1, 0.15) is 44.6 Å². The Morgan fingerprint density at radius 2 is 1.80 bits per heavy atom. The highest BCUT2D eigenvalue weighted by Crippen LogP contribution is 2.14. The molecule has 1 aromatic rings. The molecule has 0 spiro atoms. The van der Waals surface area contributed by atoms with Gasteiger partial charge in [-0.15, -0.1) is 0 Å². The molecule has 1 aliphatic rings. The second kappa shape index (κ2) is 7.44. The van der Waals surface area contributed by atoms with Crippen LogP contribution >= 0.6 is 0 Å². The summed E-state index contributed by atoms with van der Waals surface area (Å²) in [7, 11) is 0. The minimum absolute atomic E-state index is 0.0840. The average Bonchev–Trinajstić information content (AvgIpc) is 2.53. The molecule has 110 valence electrons. The molecule has 1 amide bonds. The number of hydrogen-bond donors (Lipinski definition) is 1. The Morgan fingerprint density at radius 1 is 1.15 bits per heavy atom. The molecule has 1 heterocycles. The highest BCUT2D eigenvalue weighted by molar-refractivity contribution is 5.81. The first-order valence-corrected chi connectivity index (χ1v) is 7.75. The molecule has 2 rings (SSSR count). The minimum Gasteiger partial charge on any atom is -0.341 e. The number of rotatable bonds is 5. The summed E-state index contributed by atoms with van der Waals surface area (Å²) in [6, 6.07) is 10.4. The lowest BCUT2D eigenvalue weighted by atomic mass is 10.0. The third-order valence-corrected chi connectivity index (χ3v) is 4.14. The number of piperidine rings is 1. The molecule has 0 aromatic heterocycles. The van der Waals surface area contributed by atoms with E-state index < -0.39 is 0 Å². The molecule has 0 aliphatic carbocycles. The summed E-state index contributed by atoms with van der Waals surface area (Å²) >= 11 is 0. The normalized spacial score (nSPS) is 18.6. The molecule has 1 aromatic carbocycles. The summed E-state index contributed by atoms with van der Waals surface area (Å²) in [4.78, 5) is 14.3. The minimum atomic E-state index is -0.0840. The van der Waals surface area contributed by atoms with E-state index in [0.29, 0.717) is 5.92 Å². The third kappa shape index (κ3) is 4.07. The Labute approximate surface area is 122 Å². The van der Waals surface area contributed by atoms with Crippen LogP contribution in [0.25, 0.3) is 0 Å². The van der Waals surface area contributed by atoms with Crippen molar-refractivity contribution in [2.24, 2.45) is 0 Å². The molecule has 1 fully saturated rings. The van der Waals surface area contributed by atoms with Crippen LogP contribution in [-0.2, 0) is 4.79 Å². The van der Waals surface area contributed by atoms with E-state index in [1.54, 1.807) is 0 Å². The van der Waals surface area contributed by atoms with Crippen molar-refractivity contribution in [1.29, 1.82) is 0 Å². The zero-order valence-electron chi connectivity index (χ0n) is 12.6. The summed E-state index contributed by atoms with van der Waals surface area (Å²) < 4.78 is 0.